The second-order valence-corrected chi connectivity index (χ2v) is 8.19. The van der Waals surface area contributed by atoms with Crippen LogP contribution in [0.5, 0.6) is 5.75 Å². The normalized spacial score (nSPS) is 11.0. The maximum atomic E-state index is 12.7. The van der Waals surface area contributed by atoms with Gasteiger partial charge in [0.1, 0.15) is 5.75 Å². The molecule has 0 saturated heterocycles. The van der Waals surface area contributed by atoms with E-state index in [9.17, 15) is 9.59 Å². The fraction of sp³-hybridized carbons (Fsp3) is 0.0333. The topological polar surface area (TPSA) is 79.8 Å². The Kier molecular flexibility index (Phi) is 6.40. The van der Waals surface area contributed by atoms with Gasteiger partial charge in [0.15, 0.2) is 0 Å². The minimum atomic E-state index is -0.344. The van der Waals surface area contributed by atoms with Gasteiger partial charge in [0.25, 0.3) is 11.8 Å². The molecule has 5 aromatic carbocycles. The van der Waals surface area contributed by atoms with Gasteiger partial charge >= 0.3 is 0 Å². The van der Waals surface area contributed by atoms with E-state index in [4.69, 9.17) is 4.74 Å². The van der Waals surface area contributed by atoms with Gasteiger partial charge in [0.2, 0.25) is 0 Å². The first-order valence-corrected chi connectivity index (χ1v) is 11.4. The van der Waals surface area contributed by atoms with E-state index in [0.29, 0.717) is 22.6 Å². The molecule has 176 valence electrons. The van der Waals surface area contributed by atoms with Crippen molar-refractivity contribution in [2.45, 2.75) is 0 Å². The molecule has 6 nitrogen and oxygen atoms in total. The summed E-state index contributed by atoms with van der Waals surface area (Å²) in [6.07, 6.45) is 1.69. The highest BCUT2D eigenvalue weighted by Gasteiger charge is 2.09. The zero-order chi connectivity index (χ0) is 24.9. The Bertz CT molecular complexity index is 1540. The average Bonchev–Trinajstić information content (AvgIpc) is 2.93. The van der Waals surface area contributed by atoms with Crippen LogP contribution in [-0.4, -0.2) is 25.1 Å². The molecule has 0 aliphatic heterocycles. The quantitative estimate of drug-likeness (QED) is 0.180. The minimum Gasteiger partial charge on any atom is -0.497 e. The number of ether oxygens (including phenoxy) is 1. The van der Waals surface area contributed by atoms with E-state index < -0.39 is 0 Å². The van der Waals surface area contributed by atoms with Gasteiger partial charge in [0, 0.05) is 22.4 Å². The average molecular weight is 474 g/mol. The summed E-state index contributed by atoms with van der Waals surface area (Å²) >= 11 is 0. The number of nitrogens with zero attached hydrogens (tertiary/aromatic N) is 1. The summed E-state index contributed by atoms with van der Waals surface area (Å²) in [5.41, 5.74) is 5.07. The van der Waals surface area contributed by atoms with Crippen LogP contribution in [0.2, 0.25) is 0 Å². The van der Waals surface area contributed by atoms with Crippen LogP contribution in [0.25, 0.3) is 21.5 Å². The fourth-order valence-electron chi connectivity index (χ4n) is 4.06. The molecule has 0 fully saturated rings. The molecule has 0 saturated carbocycles. The molecule has 5 rings (SSSR count). The summed E-state index contributed by atoms with van der Waals surface area (Å²) in [5.74, 6) is 0.0869. The third-order valence-corrected chi connectivity index (χ3v) is 5.93. The first-order chi connectivity index (χ1) is 17.6. The number of nitrogens with one attached hydrogen (secondary N) is 2. The molecule has 0 bridgehead atoms. The number of rotatable bonds is 6. The highest BCUT2D eigenvalue weighted by atomic mass is 16.5. The lowest BCUT2D eigenvalue weighted by molar-refractivity contribution is 0.0954. The molecule has 6 heteroatoms. The number of carbonyl (C=O) groups excluding carboxylic acids is 2. The van der Waals surface area contributed by atoms with Crippen molar-refractivity contribution in [3.8, 4) is 5.75 Å². The van der Waals surface area contributed by atoms with Crippen LogP contribution in [-0.2, 0) is 0 Å². The van der Waals surface area contributed by atoms with E-state index in [1.54, 1.807) is 61.9 Å². The second kappa shape index (κ2) is 10.1. The lowest BCUT2D eigenvalue weighted by Crippen LogP contribution is -2.18. The largest absolute Gasteiger partial charge is 0.497 e. The van der Waals surface area contributed by atoms with Crippen LogP contribution >= 0.6 is 0 Å². The Balaban J connectivity index is 1.28. The predicted molar refractivity (Wildman–Crippen MR) is 144 cm³/mol. The summed E-state index contributed by atoms with van der Waals surface area (Å²) in [4.78, 5) is 25.1. The lowest BCUT2D eigenvalue weighted by Gasteiger charge is -2.08. The van der Waals surface area contributed by atoms with Crippen molar-refractivity contribution in [1.29, 1.82) is 0 Å². The van der Waals surface area contributed by atoms with E-state index in [1.165, 1.54) is 0 Å². The van der Waals surface area contributed by atoms with E-state index in [0.717, 1.165) is 27.1 Å². The highest BCUT2D eigenvalue weighted by Crippen LogP contribution is 2.27. The van der Waals surface area contributed by atoms with Crippen molar-refractivity contribution >= 4 is 45.3 Å². The summed E-state index contributed by atoms with van der Waals surface area (Å²) in [6, 6.07) is 31.8. The van der Waals surface area contributed by atoms with Crippen molar-refractivity contribution in [1.82, 2.24) is 5.43 Å². The maximum Gasteiger partial charge on any atom is 0.271 e. The lowest BCUT2D eigenvalue weighted by atomic mass is 9.97. The number of anilines is 1. The van der Waals surface area contributed by atoms with Crippen molar-refractivity contribution in [2.75, 3.05) is 12.4 Å². The number of hydrogen-bond acceptors (Lipinski definition) is 4. The van der Waals surface area contributed by atoms with Gasteiger partial charge in [-0.2, -0.15) is 5.10 Å². The Labute approximate surface area is 208 Å². The van der Waals surface area contributed by atoms with E-state index >= 15 is 0 Å². The number of hydrazone groups is 1. The Morgan fingerprint density at radius 2 is 1.28 bits per heavy atom. The van der Waals surface area contributed by atoms with Crippen LogP contribution in [0.15, 0.2) is 108 Å². The van der Waals surface area contributed by atoms with Crippen LogP contribution < -0.4 is 15.5 Å². The van der Waals surface area contributed by atoms with Crippen LogP contribution in [0.4, 0.5) is 5.69 Å². The number of methoxy groups -OCH3 is 1. The molecule has 2 N–H and O–H groups in total. The smallest absolute Gasteiger partial charge is 0.271 e. The molecule has 36 heavy (non-hydrogen) atoms. The first kappa shape index (κ1) is 22.8. The molecule has 0 spiro atoms. The summed E-state index contributed by atoms with van der Waals surface area (Å²) < 4.78 is 5.11. The molecule has 0 aromatic heterocycles. The van der Waals surface area contributed by atoms with Crippen molar-refractivity contribution < 1.29 is 14.3 Å². The second-order valence-electron chi connectivity index (χ2n) is 8.19. The van der Waals surface area contributed by atoms with Crippen LogP contribution in [0.3, 0.4) is 0 Å². The van der Waals surface area contributed by atoms with Gasteiger partial charge in [-0.25, -0.2) is 5.43 Å². The maximum absolute atomic E-state index is 12.7. The SMILES string of the molecule is COc1ccc(C(=O)Nc2ccc(C(=O)N/N=C\c3c4ccccc4cc4ccccc34)cc2)cc1. The molecule has 0 aliphatic rings. The molecule has 0 atom stereocenters. The summed E-state index contributed by atoms with van der Waals surface area (Å²) in [7, 11) is 1.57. The Hall–Kier alpha value is -4.97. The molecule has 0 unspecified atom stereocenters. The van der Waals surface area contributed by atoms with Crippen molar-refractivity contribution in [3.63, 3.8) is 0 Å². The monoisotopic (exact) mass is 473 g/mol. The van der Waals surface area contributed by atoms with E-state index in [-0.39, 0.29) is 11.8 Å². The highest BCUT2D eigenvalue weighted by molar-refractivity contribution is 6.13. The molecule has 0 heterocycles. The fourth-order valence-corrected chi connectivity index (χ4v) is 4.06. The van der Waals surface area contributed by atoms with E-state index in [2.05, 4.69) is 34.0 Å². The zero-order valence-electron chi connectivity index (χ0n) is 19.6. The van der Waals surface area contributed by atoms with Crippen LogP contribution in [0, 0.1) is 0 Å². The van der Waals surface area contributed by atoms with Gasteiger partial charge in [-0.15, -0.1) is 0 Å². The van der Waals surface area contributed by atoms with Gasteiger partial charge in [-0.3, -0.25) is 9.59 Å². The molecule has 0 aliphatic carbocycles. The Morgan fingerprint density at radius 1 is 0.722 bits per heavy atom. The zero-order valence-corrected chi connectivity index (χ0v) is 19.6. The number of amides is 2. The summed E-state index contributed by atoms with van der Waals surface area (Å²) in [6.45, 7) is 0. The number of benzene rings is 5. The standard InChI is InChI=1S/C30H23N3O3/c1-36-25-16-12-20(13-17-25)29(34)32-24-14-10-21(11-15-24)30(35)33-31-19-28-26-8-4-2-6-22(26)18-23-7-3-5-9-27(23)28/h2-19H,1H3,(H,32,34)(H,33,35)/b31-19-. The molecular formula is C30H23N3O3. The summed E-state index contributed by atoms with van der Waals surface area (Å²) in [5, 5.41) is 11.4. The number of fused-ring (bicyclic) bond motifs is 2. The van der Waals surface area contributed by atoms with Gasteiger partial charge < -0.3 is 10.1 Å². The molecule has 2 amide bonds. The van der Waals surface area contributed by atoms with Crippen LogP contribution in [0.1, 0.15) is 26.3 Å². The van der Waals surface area contributed by atoms with E-state index in [1.807, 2.05) is 36.4 Å². The Morgan fingerprint density at radius 3 is 1.89 bits per heavy atom. The third-order valence-electron chi connectivity index (χ3n) is 5.93. The first-order valence-electron chi connectivity index (χ1n) is 11.4. The van der Waals surface area contributed by atoms with Crippen molar-refractivity contribution in [2.24, 2.45) is 5.10 Å². The molecular weight excluding hydrogens is 450 g/mol. The number of hydrogen-bond donors (Lipinski definition) is 2. The molecule has 0 radical (unpaired) electrons. The molecule has 5 aromatic rings. The number of carbonyl (C=O) groups is 2. The third kappa shape index (κ3) is 4.79. The van der Waals surface area contributed by atoms with Gasteiger partial charge in [0.05, 0.1) is 13.3 Å². The predicted octanol–water partition coefficient (Wildman–Crippen LogP) is 6.02. The minimum absolute atomic E-state index is 0.248. The van der Waals surface area contributed by atoms with Crippen molar-refractivity contribution in [3.05, 3.63) is 120 Å². The van der Waals surface area contributed by atoms with Gasteiger partial charge in [-0.05, 0) is 76.1 Å². The van der Waals surface area contributed by atoms with Gasteiger partial charge in [-0.1, -0.05) is 48.5 Å².